The van der Waals surface area contributed by atoms with Gasteiger partial charge < -0.3 is 10.2 Å². The summed E-state index contributed by atoms with van der Waals surface area (Å²) >= 11 is 0. The summed E-state index contributed by atoms with van der Waals surface area (Å²) in [7, 11) is 0. The molecule has 1 saturated carbocycles. The lowest BCUT2D eigenvalue weighted by Crippen LogP contribution is -2.48. The second-order valence-electron chi connectivity index (χ2n) is 5.19. The van der Waals surface area contributed by atoms with Crippen LogP contribution in [0.5, 0.6) is 0 Å². The molecular weight excluding hydrogens is 224 g/mol. The molecule has 0 bridgehead atoms. The zero-order valence-corrected chi connectivity index (χ0v) is 11.1. The Balaban J connectivity index is 0.00000128. The maximum atomic E-state index is 12.1. The van der Waals surface area contributed by atoms with Crippen molar-refractivity contribution in [2.24, 2.45) is 5.92 Å². The molecule has 1 aliphatic carbocycles. The molecule has 1 aliphatic heterocycles. The second-order valence-corrected chi connectivity index (χ2v) is 5.19. The molecule has 94 valence electrons. The predicted molar refractivity (Wildman–Crippen MR) is 67.8 cm³/mol. The van der Waals surface area contributed by atoms with Crippen LogP contribution in [-0.4, -0.2) is 36.0 Å². The first-order valence-electron chi connectivity index (χ1n) is 6.21. The van der Waals surface area contributed by atoms with Crippen LogP contribution in [0, 0.1) is 5.92 Å². The Kier molecular flexibility index (Phi) is 5.06. The van der Waals surface area contributed by atoms with Crippen LogP contribution in [0.1, 0.15) is 39.5 Å². The Morgan fingerprint density at radius 1 is 1.38 bits per heavy atom. The molecule has 2 fully saturated rings. The number of hydrogen-bond acceptors (Lipinski definition) is 2. The molecule has 1 heterocycles. The van der Waals surface area contributed by atoms with Crippen LogP contribution in [0.15, 0.2) is 0 Å². The lowest BCUT2D eigenvalue weighted by atomic mass is 10.00. The van der Waals surface area contributed by atoms with Gasteiger partial charge in [0.1, 0.15) is 0 Å². The number of halogens is 1. The van der Waals surface area contributed by atoms with E-state index in [2.05, 4.69) is 12.2 Å². The van der Waals surface area contributed by atoms with Gasteiger partial charge in [-0.3, -0.25) is 4.79 Å². The lowest BCUT2D eigenvalue weighted by Gasteiger charge is -2.33. The summed E-state index contributed by atoms with van der Waals surface area (Å²) < 4.78 is 0. The van der Waals surface area contributed by atoms with Crippen molar-refractivity contribution in [1.82, 2.24) is 10.2 Å². The highest BCUT2D eigenvalue weighted by atomic mass is 35.5. The van der Waals surface area contributed by atoms with Crippen molar-refractivity contribution < 1.29 is 4.79 Å². The monoisotopic (exact) mass is 246 g/mol. The number of nitrogens with zero attached hydrogens (tertiary/aromatic N) is 1. The van der Waals surface area contributed by atoms with Crippen molar-refractivity contribution in [2.75, 3.05) is 13.1 Å². The van der Waals surface area contributed by atoms with Gasteiger partial charge in [-0.05, 0) is 38.5 Å². The predicted octanol–water partition coefficient (Wildman–Crippen LogP) is 1.81. The van der Waals surface area contributed by atoms with E-state index >= 15 is 0 Å². The average molecular weight is 247 g/mol. The van der Waals surface area contributed by atoms with E-state index in [1.165, 1.54) is 25.7 Å². The summed E-state index contributed by atoms with van der Waals surface area (Å²) in [6, 6.07) is 0.633. The fraction of sp³-hybridized carbons (Fsp3) is 0.917. The summed E-state index contributed by atoms with van der Waals surface area (Å²) in [6.07, 6.45) is 4.93. The SMILES string of the molecule is CC1CCCN(C(=O)C(C)NC2CC2)C1.Cl. The number of piperidine rings is 1. The summed E-state index contributed by atoms with van der Waals surface area (Å²) in [5.74, 6) is 0.976. The van der Waals surface area contributed by atoms with E-state index in [1.807, 2.05) is 11.8 Å². The van der Waals surface area contributed by atoms with Crippen LogP contribution in [0.4, 0.5) is 0 Å². The normalized spacial score (nSPS) is 27.1. The molecule has 1 amide bonds. The minimum Gasteiger partial charge on any atom is -0.341 e. The summed E-state index contributed by atoms with van der Waals surface area (Å²) in [4.78, 5) is 14.1. The minimum atomic E-state index is 0. The van der Waals surface area contributed by atoms with E-state index in [0.717, 1.165) is 13.1 Å². The minimum absolute atomic E-state index is 0. The van der Waals surface area contributed by atoms with E-state index in [0.29, 0.717) is 17.9 Å². The fourth-order valence-corrected chi connectivity index (χ4v) is 2.34. The van der Waals surface area contributed by atoms with E-state index in [1.54, 1.807) is 0 Å². The van der Waals surface area contributed by atoms with Gasteiger partial charge in [0.05, 0.1) is 6.04 Å². The molecule has 2 atom stereocenters. The molecule has 2 rings (SSSR count). The van der Waals surface area contributed by atoms with E-state index in [-0.39, 0.29) is 18.4 Å². The number of rotatable bonds is 3. The first-order valence-corrected chi connectivity index (χ1v) is 6.21. The third kappa shape index (κ3) is 3.63. The number of carbonyl (C=O) groups excluding carboxylic acids is 1. The number of amides is 1. The number of carbonyl (C=O) groups is 1. The summed E-state index contributed by atoms with van der Waals surface area (Å²) in [5.41, 5.74) is 0. The van der Waals surface area contributed by atoms with Crippen molar-refractivity contribution in [3.8, 4) is 0 Å². The highest BCUT2D eigenvalue weighted by Crippen LogP contribution is 2.21. The molecule has 0 radical (unpaired) electrons. The van der Waals surface area contributed by atoms with E-state index in [4.69, 9.17) is 0 Å². The Hall–Kier alpha value is -0.280. The van der Waals surface area contributed by atoms with Crippen LogP contribution in [0.25, 0.3) is 0 Å². The zero-order chi connectivity index (χ0) is 10.8. The maximum absolute atomic E-state index is 12.1. The first-order chi connectivity index (χ1) is 7.16. The molecular formula is C12H23ClN2O. The Morgan fingerprint density at radius 3 is 2.62 bits per heavy atom. The molecule has 0 aromatic rings. The van der Waals surface area contributed by atoms with Gasteiger partial charge in [-0.25, -0.2) is 0 Å². The zero-order valence-electron chi connectivity index (χ0n) is 10.2. The largest absolute Gasteiger partial charge is 0.341 e. The summed E-state index contributed by atoms with van der Waals surface area (Å²) in [5, 5.41) is 3.37. The van der Waals surface area contributed by atoms with E-state index < -0.39 is 0 Å². The molecule has 0 aromatic carbocycles. The first kappa shape index (κ1) is 13.8. The van der Waals surface area contributed by atoms with Gasteiger partial charge in [0.2, 0.25) is 5.91 Å². The van der Waals surface area contributed by atoms with Gasteiger partial charge in [0.25, 0.3) is 0 Å². The Morgan fingerprint density at radius 2 is 2.06 bits per heavy atom. The lowest BCUT2D eigenvalue weighted by molar-refractivity contribution is -0.134. The smallest absolute Gasteiger partial charge is 0.239 e. The van der Waals surface area contributed by atoms with Gasteiger partial charge in [-0.15, -0.1) is 12.4 Å². The number of hydrogen-bond donors (Lipinski definition) is 1. The van der Waals surface area contributed by atoms with Gasteiger partial charge in [-0.1, -0.05) is 6.92 Å². The van der Waals surface area contributed by atoms with Crippen molar-refractivity contribution in [3.63, 3.8) is 0 Å². The Bertz CT molecular complexity index is 243. The topological polar surface area (TPSA) is 32.3 Å². The highest BCUT2D eigenvalue weighted by Gasteiger charge is 2.29. The van der Waals surface area contributed by atoms with Crippen molar-refractivity contribution in [3.05, 3.63) is 0 Å². The van der Waals surface area contributed by atoms with Crippen molar-refractivity contribution in [1.29, 1.82) is 0 Å². The van der Waals surface area contributed by atoms with Crippen LogP contribution in [0.3, 0.4) is 0 Å². The fourth-order valence-electron chi connectivity index (χ4n) is 2.34. The second kappa shape index (κ2) is 5.87. The number of nitrogens with one attached hydrogen (secondary N) is 1. The van der Waals surface area contributed by atoms with Crippen molar-refractivity contribution >= 4 is 18.3 Å². The molecule has 2 unspecified atom stereocenters. The standard InChI is InChI=1S/C12H22N2O.ClH/c1-9-4-3-7-14(8-9)12(15)10(2)13-11-5-6-11;/h9-11,13H,3-8H2,1-2H3;1H. The van der Waals surface area contributed by atoms with Crippen LogP contribution in [-0.2, 0) is 4.79 Å². The van der Waals surface area contributed by atoms with Crippen LogP contribution >= 0.6 is 12.4 Å². The van der Waals surface area contributed by atoms with E-state index in [9.17, 15) is 4.79 Å². The third-order valence-corrected chi connectivity index (χ3v) is 3.40. The molecule has 1 N–H and O–H groups in total. The molecule has 3 nitrogen and oxygen atoms in total. The molecule has 16 heavy (non-hydrogen) atoms. The molecule has 0 aromatic heterocycles. The molecule has 1 saturated heterocycles. The maximum Gasteiger partial charge on any atom is 0.239 e. The average Bonchev–Trinajstić information content (AvgIpc) is 3.00. The molecule has 4 heteroatoms. The molecule has 0 spiro atoms. The summed E-state index contributed by atoms with van der Waals surface area (Å²) in [6.45, 7) is 6.15. The van der Waals surface area contributed by atoms with Crippen molar-refractivity contribution in [2.45, 2.75) is 51.6 Å². The van der Waals surface area contributed by atoms with Gasteiger partial charge in [0.15, 0.2) is 0 Å². The quantitative estimate of drug-likeness (QED) is 0.824. The van der Waals surface area contributed by atoms with Crippen LogP contribution < -0.4 is 5.32 Å². The third-order valence-electron chi connectivity index (χ3n) is 3.40. The Labute approximate surface area is 104 Å². The van der Waals surface area contributed by atoms with Gasteiger partial charge in [0, 0.05) is 19.1 Å². The molecule has 2 aliphatic rings. The van der Waals surface area contributed by atoms with Crippen LogP contribution in [0.2, 0.25) is 0 Å². The van der Waals surface area contributed by atoms with Gasteiger partial charge >= 0.3 is 0 Å². The number of likely N-dealkylation sites (tertiary alicyclic amines) is 1. The highest BCUT2D eigenvalue weighted by molar-refractivity contribution is 5.85. The van der Waals surface area contributed by atoms with Gasteiger partial charge in [-0.2, -0.15) is 0 Å².